The van der Waals surface area contributed by atoms with Crippen molar-refractivity contribution in [2.24, 2.45) is 0 Å². The summed E-state index contributed by atoms with van der Waals surface area (Å²) >= 11 is 0. The highest BCUT2D eigenvalue weighted by Crippen LogP contribution is 2.18. The van der Waals surface area contributed by atoms with Crippen LogP contribution in [0.3, 0.4) is 0 Å². The van der Waals surface area contributed by atoms with Crippen molar-refractivity contribution in [3.8, 4) is 5.88 Å². The molecule has 6 heteroatoms. The third-order valence-corrected chi connectivity index (χ3v) is 2.49. The first kappa shape index (κ1) is 16.5. The van der Waals surface area contributed by atoms with E-state index in [2.05, 4.69) is 15.3 Å². The van der Waals surface area contributed by atoms with Crippen LogP contribution in [0.1, 0.15) is 27.2 Å². The first-order valence-electron chi connectivity index (χ1n) is 7.07. The van der Waals surface area contributed by atoms with Gasteiger partial charge < -0.3 is 19.7 Å². The number of rotatable bonds is 9. The highest BCUT2D eigenvalue weighted by Gasteiger charge is 2.06. The van der Waals surface area contributed by atoms with Crippen LogP contribution in [0, 0.1) is 0 Å². The van der Waals surface area contributed by atoms with Crippen LogP contribution in [-0.4, -0.2) is 49.9 Å². The number of ether oxygens (including phenoxy) is 2. The number of anilines is 2. The topological polar surface area (TPSA) is 59.5 Å². The standard InChI is InChI=1S/C14H26N4O2/c1-6-19-13-10-12(18(4)5)16-14(17-13)15-8-7-9-20-11(2)3/h10-11H,6-9H2,1-5H3,(H,15,16,17). The maximum Gasteiger partial charge on any atom is 0.227 e. The van der Waals surface area contributed by atoms with E-state index in [-0.39, 0.29) is 6.10 Å². The van der Waals surface area contributed by atoms with Crippen molar-refractivity contribution in [1.29, 1.82) is 0 Å². The van der Waals surface area contributed by atoms with Crippen molar-refractivity contribution < 1.29 is 9.47 Å². The summed E-state index contributed by atoms with van der Waals surface area (Å²) in [5.74, 6) is 2.00. The molecule has 6 nitrogen and oxygen atoms in total. The number of hydrogen-bond acceptors (Lipinski definition) is 6. The Balaban J connectivity index is 2.55. The lowest BCUT2D eigenvalue weighted by atomic mass is 10.4. The second-order valence-corrected chi connectivity index (χ2v) is 4.92. The van der Waals surface area contributed by atoms with Gasteiger partial charge in [-0.05, 0) is 27.2 Å². The van der Waals surface area contributed by atoms with Crippen molar-refractivity contribution in [3.05, 3.63) is 6.07 Å². The quantitative estimate of drug-likeness (QED) is 0.700. The molecule has 1 aromatic rings. The number of nitrogens with zero attached hydrogens (tertiary/aromatic N) is 3. The van der Waals surface area contributed by atoms with E-state index in [0.29, 0.717) is 18.4 Å². The van der Waals surface area contributed by atoms with Gasteiger partial charge in [0.2, 0.25) is 11.8 Å². The first-order chi connectivity index (χ1) is 9.52. The largest absolute Gasteiger partial charge is 0.478 e. The van der Waals surface area contributed by atoms with Crippen molar-refractivity contribution >= 4 is 11.8 Å². The van der Waals surface area contributed by atoms with E-state index >= 15 is 0 Å². The Morgan fingerprint density at radius 2 is 2.05 bits per heavy atom. The van der Waals surface area contributed by atoms with E-state index in [9.17, 15) is 0 Å². The molecule has 1 rings (SSSR count). The second kappa shape index (κ2) is 8.58. The van der Waals surface area contributed by atoms with Crippen LogP contribution < -0.4 is 15.0 Å². The first-order valence-corrected chi connectivity index (χ1v) is 7.07. The maximum atomic E-state index is 5.49. The molecule has 0 bridgehead atoms. The van der Waals surface area contributed by atoms with E-state index in [1.54, 1.807) is 0 Å². The molecular formula is C14H26N4O2. The Hall–Kier alpha value is -1.56. The second-order valence-electron chi connectivity index (χ2n) is 4.92. The zero-order valence-corrected chi connectivity index (χ0v) is 13.1. The van der Waals surface area contributed by atoms with Crippen molar-refractivity contribution in [2.75, 3.05) is 44.1 Å². The Bertz CT molecular complexity index is 397. The normalized spacial score (nSPS) is 10.7. The smallest absolute Gasteiger partial charge is 0.227 e. The average Bonchev–Trinajstić information content (AvgIpc) is 2.38. The van der Waals surface area contributed by atoms with Gasteiger partial charge in [0.15, 0.2) is 0 Å². The van der Waals surface area contributed by atoms with Gasteiger partial charge in [-0.25, -0.2) is 0 Å². The van der Waals surface area contributed by atoms with E-state index in [4.69, 9.17) is 9.47 Å². The van der Waals surface area contributed by atoms with Gasteiger partial charge >= 0.3 is 0 Å². The summed E-state index contributed by atoms with van der Waals surface area (Å²) in [6.07, 6.45) is 1.19. The van der Waals surface area contributed by atoms with E-state index in [1.165, 1.54) is 0 Å². The monoisotopic (exact) mass is 282 g/mol. The van der Waals surface area contributed by atoms with Crippen LogP contribution in [0.25, 0.3) is 0 Å². The zero-order chi connectivity index (χ0) is 15.0. The van der Waals surface area contributed by atoms with Crippen LogP contribution in [0.15, 0.2) is 6.07 Å². The van der Waals surface area contributed by atoms with Crippen molar-refractivity contribution in [2.45, 2.75) is 33.3 Å². The molecule has 1 N–H and O–H groups in total. The third kappa shape index (κ3) is 6.06. The molecule has 114 valence electrons. The SMILES string of the molecule is CCOc1cc(N(C)C)nc(NCCCOC(C)C)n1. The number of nitrogens with one attached hydrogen (secondary N) is 1. The summed E-state index contributed by atoms with van der Waals surface area (Å²) in [6.45, 7) is 8.10. The predicted octanol–water partition coefficient (Wildman–Crippen LogP) is 2.17. The lowest BCUT2D eigenvalue weighted by Crippen LogP contribution is -2.15. The zero-order valence-electron chi connectivity index (χ0n) is 13.1. The van der Waals surface area contributed by atoms with Crippen molar-refractivity contribution in [1.82, 2.24) is 9.97 Å². The Labute approximate surface area is 121 Å². The molecule has 0 amide bonds. The Kier molecular flexibility index (Phi) is 7.08. The number of hydrogen-bond donors (Lipinski definition) is 1. The minimum absolute atomic E-state index is 0.271. The molecule has 0 fully saturated rings. The summed E-state index contributed by atoms with van der Waals surface area (Å²) in [4.78, 5) is 10.7. The van der Waals surface area contributed by atoms with Gasteiger partial charge in [0, 0.05) is 33.3 Å². The average molecular weight is 282 g/mol. The minimum Gasteiger partial charge on any atom is -0.478 e. The molecule has 1 aromatic heterocycles. The number of aromatic nitrogens is 2. The summed E-state index contributed by atoms with van der Waals surface area (Å²) in [5, 5.41) is 3.20. The van der Waals surface area contributed by atoms with Crippen LogP contribution >= 0.6 is 0 Å². The highest BCUT2D eigenvalue weighted by atomic mass is 16.5. The molecule has 0 aliphatic rings. The molecular weight excluding hydrogens is 256 g/mol. The van der Waals surface area contributed by atoms with E-state index in [1.807, 2.05) is 45.8 Å². The fourth-order valence-electron chi connectivity index (χ4n) is 1.53. The molecule has 1 heterocycles. The Morgan fingerprint density at radius 1 is 1.30 bits per heavy atom. The summed E-state index contributed by atoms with van der Waals surface area (Å²) in [7, 11) is 3.89. The van der Waals surface area contributed by atoms with Gasteiger partial charge in [-0.1, -0.05) is 0 Å². The fraction of sp³-hybridized carbons (Fsp3) is 0.714. The van der Waals surface area contributed by atoms with Crippen LogP contribution in [0.4, 0.5) is 11.8 Å². The molecule has 0 aliphatic heterocycles. The Morgan fingerprint density at radius 3 is 2.65 bits per heavy atom. The molecule has 20 heavy (non-hydrogen) atoms. The van der Waals surface area contributed by atoms with Crippen LogP contribution in [-0.2, 0) is 4.74 Å². The van der Waals surface area contributed by atoms with E-state index in [0.717, 1.165) is 25.4 Å². The summed E-state index contributed by atoms with van der Waals surface area (Å²) in [5.41, 5.74) is 0. The highest BCUT2D eigenvalue weighted by molar-refractivity contribution is 5.45. The summed E-state index contributed by atoms with van der Waals surface area (Å²) in [6, 6.07) is 1.83. The lowest BCUT2D eigenvalue weighted by Gasteiger charge is -2.15. The van der Waals surface area contributed by atoms with Crippen molar-refractivity contribution in [3.63, 3.8) is 0 Å². The molecule has 0 radical (unpaired) electrons. The molecule has 0 saturated carbocycles. The summed E-state index contributed by atoms with van der Waals surface area (Å²) < 4.78 is 10.9. The molecule has 0 spiro atoms. The van der Waals surface area contributed by atoms with Gasteiger partial charge in [-0.3, -0.25) is 0 Å². The minimum atomic E-state index is 0.271. The molecule has 0 saturated heterocycles. The fourth-order valence-corrected chi connectivity index (χ4v) is 1.53. The van der Waals surface area contributed by atoms with Crippen LogP contribution in [0.5, 0.6) is 5.88 Å². The van der Waals surface area contributed by atoms with Crippen LogP contribution in [0.2, 0.25) is 0 Å². The third-order valence-electron chi connectivity index (χ3n) is 2.49. The van der Waals surface area contributed by atoms with Gasteiger partial charge in [0.1, 0.15) is 5.82 Å². The molecule has 0 aromatic carbocycles. The molecule has 0 unspecified atom stereocenters. The maximum absolute atomic E-state index is 5.49. The molecule has 0 aliphatic carbocycles. The van der Waals surface area contributed by atoms with Gasteiger partial charge in [0.05, 0.1) is 12.7 Å². The van der Waals surface area contributed by atoms with Gasteiger partial charge in [0.25, 0.3) is 0 Å². The van der Waals surface area contributed by atoms with E-state index < -0.39 is 0 Å². The van der Waals surface area contributed by atoms with Gasteiger partial charge in [-0.15, -0.1) is 0 Å². The molecule has 0 atom stereocenters. The van der Waals surface area contributed by atoms with Gasteiger partial charge in [-0.2, -0.15) is 9.97 Å². The lowest BCUT2D eigenvalue weighted by molar-refractivity contribution is 0.0787. The predicted molar refractivity (Wildman–Crippen MR) is 81.7 cm³/mol.